The van der Waals surface area contributed by atoms with E-state index in [0.29, 0.717) is 11.3 Å². The van der Waals surface area contributed by atoms with Crippen LogP contribution in [0.4, 0.5) is 8.78 Å². The van der Waals surface area contributed by atoms with Crippen molar-refractivity contribution in [3.63, 3.8) is 0 Å². The molecule has 0 aromatic heterocycles. The van der Waals surface area contributed by atoms with Gasteiger partial charge in [0.05, 0.1) is 7.11 Å². The van der Waals surface area contributed by atoms with Gasteiger partial charge in [-0.15, -0.1) is 0 Å². The van der Waals surface area contributed by atoms with Crippen LogP contribution in [0.1, 0.15) is 18.4 Å². The van der Waals surface area contributed by atoms with Gasteiger partial charge in [0, 0.05) is 36.4 Å². The fourth-order valence-electron chi connectivity index (χ4n) is 2.50. The Labute approximate surface area is 98.2 Å². The van der Waals surface area contributed by atoms with Crippen LogP contribution in [0, 0.1) is 0 Å². The van der Waals surface area contributed by atoms with Crippen molar-refractivity contribution >= 4 is 0 Å². The van der Waals surface area contributed by atoms with Crippen molar-refractivity contribution in [3.8, 4) is 11.5 Å². The van der Waals surface area contributed by atoms with E-state index >= 15 is 0 Å². The van der Waals surface area contributed by atoms with Crippen LogP contribution >= 0.6 is 0 Å². The van der Waals surface area contributed by atoms with E-state index in [1.54, 1.807) is 6.07 Å². The molecule has 5 heteroatoms. The SMILES string of the molecule is COc1cc(O)ccc1C1(CN)CC(F)(F)C1. The summed E-state index contributed by atoms with van der Waals surface area (Å²) in [6, 6.07) is 4.49. The molecular formula is C12H15F2NO2. The molecule has 0 unspecified atom stereocenters. The van der Waals surface area contributed by atoms with Crippen LogP contribution in [-0.2, 0) is 5.41 Å². The zero-order valence-electron chi connectivity index (χ0n) is 9.54. The van der Waals surface area contributed by atoms with Gasteiger partial charge >= 0.3 is 0 Å². The summed E-state index contributed by atoms with van der Waals surface area (Å²) in [6.07, 6.45) is -0.532. The van der Waals surface area contributed by atoms with Crippen LogP contribution in [0.5, 0.6) is 11.5 Å². The predicted molar refractivity (Wildman–Crippen MR) is 59.6 cm³/mol. The maximum absolute atomic E-state index is 13.1. The van der Waals surface area contributed by atoms with Crippen molar-refractivity contribution in [2.75, 3.05) is 13.7 Å². The van der Waals surface area contributed by atoms with Crippen molar-refractivity contribution in [2.24, 2.45) is 5.73 Å². The van der Waals surface area contributed by atoms with Gasteiger partial charge in [0.1, 0.15) is 11.5 Å². The quantitative estimate of drug-likeness (QED) is 0.854. The third kappa shape index (κ3) is 1.95. The first-order valence-corrected chi connectivity index (χ1v) is 5.38. The Balaban J connectivity index is 2.39. The van der Waals surface area contributed by atoms with E-state index in [2.05, 4.69) is 0 Å². The number of aromatic hydroxyl groups is 1. The highest BCUT2D eigenvalue weighted by Gasteiger charge is 2.57. The summed E-state index contributed by atoms with van der Waals surface area (Å²) < 4.78 is 31.3. The summed E-state index contributed by atoms with van der Waals surface area (Å²) in [6.45, 7) is 0.143. The Kier molecular flexibility index (Phi) is 2.73. The highest BCUT2D eigenvalue weighted by molar-refractivity contribution is 5.46. The van der Waals surface area contributed by atoms with E-state index in [1.165, 1.54) is 19.2 Å². The van der Waals surface area contributed by atoms with E-state index in [0.717, 1.165) is 0 Å². The van der Waals surface area contributed by atoms with Crippen LogP contribution in [0.15, 0.2) is 18.2 Å². The van der Waals surface area contributed by atoms with Gasteiger partial charge in [-0.3, -0.25) is 0 Å². The molecule has 2 rings (SSSR count). The zero-order valence-corrected chi connectivity index (χ0v) is 9.54. The molecule has 1 fully saturated rings. The van der Waals surface area contributed by atoms with Crippen LogP contribution < -0.4 is 10.5 Å². The van der Waals surface area contributed by atoms with Crippen LogP contribution in [0.2, 0.25) is 0 Å². The average molecular weight is 243 g/mol. The minimum atomic E-state index is -2.65. The highest BCUT2D eigenvalue weighted by atomic mass is 19.3. The number of phenolic OH excluding ortho intramolecular Hbond substituents is 1. The van der Waals surface area contributed by atoms with Gasteiger partial charge < -0.3 is 15.6 Å². The molecule has 1 aliphatic rings. The van der Waals surface area contributed by atoms with Crippen LogP contribution in [-0.4, -0.2) is 24.7 Å². The number of methoxy groups -OCH3 is 1. The fourth-order valence-corrected chi connectivity index (χ4v) is 2.50. The molecule has 1 saturated carbocycles. The Morgan fingerprint density at radius 1 is 1.41 bits per heavy atom. The third-order valence-electron chi connectivity index (χ3n) is 3.34. The molecule has 3 N–H and O–H groups in total. The third-order valence-corrected chi connectivity index (χ3v) is 3.34. The number of benzene rings is 1. The van der Waals surface area contributed by atoms with E-state index < -0.39 is 11.3 Å². The standard InChI is InChI=1S/C12H15F2NO2/c1-17-10-4-8(16)2-3-9(10)11(7-15)5-12(13,14)6-11/h2-4,16H,5-7,15H2,1H3. The van der Waals surface area contributed by atoms with Gasteiger partial charge in [-0.2, -0.15) is 0 Å². The van der Waals surface area contributed by atoms with Crippen LogP contribution in [0.3, 0.4) is 0 Å². The van der Waals surface area contributed by atoms with Crippen molar-refractivity contribution in [2.45, 2.75) is 24.2 Å². The molecule has 1 aromatic carbocycles. The van der Waals surface area contributed by atoms with Gasteiger partial charge in [-0.25, -0.2) is 8.78 Å². The molecule has 0 atom stereocenters. The molecule has 1 aromatic rings. The Hall–Kier alpha value is -1.36. The lowest BCUT2D eigenvalue weighted by Crippen LogP contribution is -2.53. The second kappa shape index (κ2) is 3.84. The molecule has 0 amide bonds. The number of rotatable bonds is 3. The maximum atomic E-state index is 13.1. The maximum Gasteiger partial charge on any atom is 0.250 e. The van der Waals surface area contributed by atoms with E-state index in [9.17, 15) is 13.9 Å². The number of hydrogen-bond acceptors (Lipinski definition) is 3. The average Bonchev–Trinajstić information content (AvgIpc) is 2.25. The molecular weight excluding hydrogens is 228 g/mol. The molecule has 0 heterocycles. The monoisotopic (exact) mass is 243 g/mol. The number of nitrogens with two attached hydrogens (primary N) is 1. The fraction of sp³-hybridized carbons (Fsp3) is 0.500. The highest BCUT2D eigenvalue weighted by Crippen LogP contribution is 2.55. The minimum absolute atomic E-state index is 0.0452. The minimum Gasteiger partial charge on any atom is -0.508 e. The summed E-state index contributed by atoms with van der Waals surface area (Å²) in [7, 11) is 1.44. The van der Waals surface area contributed by atoms with E-state index in [-0.39, 0.29) is 25.1 Å². The predicted octanol–water partition coefficient (Wildman–Crippen LogP) is 2.03. The Morgan fingerprint density at radius 3 is 2.53 bits per heavy atom. The number of phenols is 1. The van der Waals surface area contributed by atoms with E-state index in [1.807, 2.05) is 0 Å². The van der Waals surface area contributed by atoms with Crippen molar-refractivity contribution in [1.82, 2.24) is 0 Å². The van der Waals surface area contributed by atoms with Crippen molar-refractivity contribution in [1.29, 1.82) is 0 Å². The Morgan fingerprint density at radius 2 is 2.06 bits per heavy atom. The smallest absolute Gasteiger partial charge is 0.250 e. The van der Waals surface area contributed by atoms with Gasteiger partial charge in [0.15, 0.2) is 0 Å². The lowest BCUT2D eigenvalue weighted by molar-refractivity contribution is -0.124. The largest absolute Gasteiger partial charge is 0.508 e. The van der Waals surface area contributed by atoms with Gasteiger partial charge in [0.2, 0.25) is 5.92 Å². The molecule has 94 valence electrons. The van der Waals surface area contributed by atoms with Gasteiger partial charge in [-0.05, 0) is 6.07 Å². The second-order valence-electron chi connectivity index (χ2n) is 4.58. The van der Waals surface area contributed by atoms with Crippen LogP contribution in [0.25, 0.3) is 0 Å². The van der Waals surface area contributed by atoms with Gasteiger partial charge in [0.25, 0.3) is 0 Å². The molecule has 0 bridgehead atoms. The van der Waals surface area contributed by atoms with Gasteiger partial charge in [-0.1, -0.05) is 6.07 Å². The molecule has 0 aliphatic heterocycles. The number of hydrogen-bond donors (Lipinski definition) is 2. The summed E-state index contributed by atoms with van der Waals surface area (Å²) in [5.41, 5.74) is 5.54. The van der Waals surface area contributed by atoms with Crippen molar-refractivity contribution < 1.29 is 18.6 Å². The number of halogens is 2. The molecule has 0 radical (unpaired) electrons. The summed E-state index contributed by atoms with van der Waals surface area (Å²) in [5.74, 6) is -2.20. The number of ether oxygens (including phenoxy) is 1. The topological polar surface area (TPSA) is 55.5 Å². The first-order valence-electron chi connectivity index (χ1n) is 5.38. The first kappa shape index (κ1) is 12.1. The molecule has 1 aliphatic carbocycles. The normalized spacial score (nSPS) is 20.7. The zero-order chi connectivity index (χ0) is 12.7. The summed E-state index contributed by atoms with van der Waals surface area (Å²) in [5, 5.41) is 9.34. The lowest BCUT2D eigenvalue weighted by atomic mass is 9.62. The molecule has 3 nitrogen and oxygen atoms in total. The molecule has 0 saturated heterocycles. The lowest BCUT2D eigenvalue weighted by Gasteiger charge is -2.47. The molecule has 17 heavy (non-hydrogen) atoms. The second-order valence-corrected chi connectivity index (χ2v) is 4.58. The van der Waals surface area contributed by atoms with E-state index in [4.69, 9.17) is 10.5 Å². The number of alkyl halides is 2. The first-order chi connectivity index (χ1) is 7.92. The van der Waals surface area contributed by atoms with Crippen molar-refractivity contribution in [3.05, 3.63) is 23.8 Å². The summed E-state index contributed by atoms with van der Waals surface area (Å²) in [4.78, 5) is 0. The summed E-state index contributed by atoms with van der Waals surface area (Å²) >= 11 is 0. The Bertz CT molecular complexity index is 427. The molecule has 0 spiro atoms.